The lowest BCUT2D eigenvalue weighted by Crippen LogP contribution is -2.38. The number of rotatable bonds is 5. The van der Waals surface area contributed by atoms with Crippen molar-refractivity contribution >= 4 is 23.4 Å². The number of aryl methyl sites for hydroxylation is 1. The third-order valence-electron chi connectivity index (χ3n) is 5.24. The molecule has 0 bridgehead atoms. The summed E-state index contributed by atoms with van der Waals surface area (Å²) in [6.45, 7) is 1.58. The highest BCUT2D eigenvalue weighted by Gasteiger charge is 2.48. The molecule has 1 N–H and O–H groups in total. The lowest BCUT2D eigenvalue weighted by molar-refractivity contribution is -0.142. The first-order valence-electron chi connectivity index (χ1n) is 8.84. The van der Waals surface area contributed by atoms with Gasteiger partial charge in [-0.3, -0.25) is 19.3 Å². The van der Waals surface area contributed by atoms with Gasteiger partial charge in [-0.05, 0) is 31.4 Å². The van der Waals surface area contributed by atoms with Gasteiger partial charge in [0.1, 0.15) is 6.54 Å². The van der Waals surface area contributed by atoms with E-state index < -0.39 is 5.91 Å². The van der Waals surface area contributed by atoms with E-state index in [0.717, 1.165) is 36.1 Å². The molecular weight excluding hydrogens is 336 g/mol. The topological polar surface area (TPSA) is 84.9 Å². The highest BCUT2D eigenvalue weighted by atomic mass is 16.5. The quantitative estimate of drug-likeness (QED) is 0.813. The Morgan fingerprint density at radius 2 is 1.62 bits per heavy atom. The molecule has 2 atom stereocenters. The van der Waals surface area contributed by atoms with Crippen molar-refractivity contribution in [1.29, 1.82) is 0 Å². The van der Waals surface area contributed by atoms with Crippen molar-refractivity contribution in [2.45, 2.75) is 32.6 Å². The Morgan fingerprint density at radius 3 is 2.15 bits per heavy atom. The van der Waals surface area contributed by atoms with Crippen LogP contribution >= 0.6 is 0 Å². The molecule has 26 heavy (non-hydrogen) atoms. The van der Waals surface area contributed by atoms with Crippen LogP contribution < -0.4 is 14.8 Å². The molecule has 0 aromatic heterocycles. The Morgan fingerprint density at radius 1 is 1.08 bits per heavy atom. The van der Waals surface area contributed by atoms with Crippen LogP contribution in [-0.4, -0.2) is 43.4 Å². The first-order valence-corrected chi connectivity index (χ1v) is 8.84. The average Bonchev–Trinajstić information content (AvgIpc) is 2.88. The van der Waals surface area contributed by atoms with Gasteiger partial charge in [0.15, 0.2) is 11.5 Å². The molecule has 1 saturated carbocycles. The van der Waals surface area contributed by atoms with Crippen molar-refractivity contribution in [1.82, 2.24) is 4.90 Å². The second-order valence-electron chi connectivity index (χ2n) is 6.83. The van der Waals surface area contributed by atoms with Crippen LogP contribution in [0.15, 0.2) is 12.1 Å². The Labute approximate surface area is 152 Å². The number of amides is 3. The van der Waals surface area contributed by atoms with E-state index >= 15 is 0 Å². The molecule has 0 radical (unpaired) electrons. The maximum Gasteiger partial charge on any atom is 0.244 e. The van der Waals surface area contributed by atoms with Crippen LogP contribution in [-0.2, 0) is 14.4 Å². The number of ether oxygens (including phenoxy) is 2. The number of carbonyl (C=O) groups excluding carboxylic acids is 3. The smallest absolute Gasteiger partial charge is 0.244 e. The van der Waals surface area contributed by atoms with E-state index in [4.69, 9.17) is 9.47 Å². The number of methoxy groups -OCH3 is 2. The van der Waals surface area contributed by atoms with E-state index in [1.165, 1.54) is 7.11 Å². The summed E-state index contributed by atoms with van der Waals surface area (Å²) in [6.07, 6.45) is 3.40. The molecule has 3 rings (SSSR count). The van der Waals surface area contributed by atoms with E-state index in [1.54, 1.807) is 19.2 Å². The summed E-state index contributed by atoms with van der Waals surface area (Å²) in [6, 6.07) is 3.43. The maximum absolute atomic E-state index is 12.5. The zero-order valence-electron chi connectivity index (χ0n) is 15.3. The number of hydrogen-bond donors (Lipinski definition) is 1. The molecule has 1 saturated heterocycles. The lowest BCUT2D eigenvalue weighted by Gasteiger charge is -2.19. The Bertz CT molecular complexity index is 722. The molecule has 3 amide bonds. The van der Waals surface area contributed by atoms with Gasteiger partial charge >= 0.3 is 0 Å². The van der Waals surface area contributed by atoms with Gasteiger partial charge in [-0.2, -0.15) is 0 Å². The molecule has 1 aromatic rings. The van der Waals surface area contributed by atoms with Crippen molar-refractivity contribution in [2.24, 2.45) is 11.8 Å². The summed E-state index contributed by atoms with van der Waals surface area (Å²) in [5.74, 6) is -0.248. The molecule has 1 aliphatic carbocycles. The van der Waals surface area contributed by atoms with E-state index in [9.17, 15) is 14.4 Å². The van der Waals surface area contributed by atoms with Crippen LogP contribution in [0.25, 0.3) is 0 Å². The van der Waals surface area contributed by atoms with Crippen molar-refractivity contribution in [3.8, 4) is 11.5 Å². The second kappa shape index (κ2) is 7.35. The maximum atomic E-state index is 12.5. The van der Waals surface area contributed by atoms with Gasteiger partial charge in [0.25, 0.3) is 0 Å². The summed E-state index contributed by atoms with van der Waals surface area (Å²) >= 11 is 0. The number of imide groups is 1. The summed E-state index contributed by atoms with van der Waals surface area (Å²) in [5, 5.41) is 2.76. The van der Waals surface area contributed by atoms with Gasteiger partial charge in [-0.25, -0.2) is 0 Å². The minimum atomic E-state index is -0.402. The molecule has 1 aliphatic heterocycles. The van der Waals surface area contributed by atoms with Crippen molar-refractivity contribution in [3.05, 3.63) is 17.7 Å². The van der Waals surface area contributed by atoms with Gasteiger partial charge in [-0.15, -0.1) is 0 Å². The lowest BCUT2D eigenvalue weighted by atomic mass is 9.81. The molecule has 1 aromatic carbocycles. The summed E-state index contributed by atoms with van der Waals surface area (Å²) in [7, 11) is 3.06. The Hall–Kier alpha value is -2.57. The minimum absolute atomic E-state index is 0.209. The molecule has 2 aliphatic rings. The van der Waals surface area contributed by atoms with Crippen molar-refractivity contribution < 1.29 is 23.9 Å². The van der Waals surface area contributed by atoms with Gasteiger partial charge in [0.05, 0.1) is 26.1 Å². The largest absolute Gasteiger partial charge is 0.493 e. The third-order valence-corrected chi connectivity index (χ3v) is 5.24. The number of anilines is 1. The van der Waals surface area contributed by atoms with Crippen molar-refractivity contribution in [3.63, 3.8) is 0 Å². The molecule has 0 unspecified atom stereocenters. The van der Waals surface area contributed by atoms with Crippen LogP contribution in [0.3, 0.4) is 0 Å². The fraction of sp³-hybridized carbons (Fsp3) is 0.526. The molecule has 2 fully saturated rings. The SMILES string of the molecule is COc1cc(C)c(NC(=O)CN2C(=O)[C@@H]3CCCC[C@H]3C2=O)cc1OC. The summed E-state index contributed by atoms with van der Waals surface area (Å²) in [4.78, 5) is 38.5. The highest BCUT2D eigenvalue weighted by molar-refractivity contribution is 6.08. The number of hydrogen-bond acceptors (Lipinski definition) is 5. The van der Waals surface area contributed by atoms with Crippen LogP contribution in [0.2, 0.25) is 0 Å². The normalized spacial score (nSPS) is 22.2. The standard InChI is InChI=1S/C19H24N2O5/c1-11-8-15(25-2)16(26-3)9-14(11)20-17(22)10-21-18(23)12-6-4-5-7-13(12)19(21)24/h8-9,12-13H,4-7,10H2,1-3H3,(H,20,22)/t12-,13-/m1/s1. The van der Waals surface area contributed by atoms with Crippen LogP contribution in [0.4, 0.5) is 5.69 Å². The second-order valence-corrected chi connectivity index (χ2v) is 6.83. The van der Waals surface area contributed by atoms with Gasteiger partial charge in [0, 0.05) is 11.8 Å². The molecule has 0 spiro atoms. The summed E-state index contributed by atoms with van der Waals surface area (Å²) < 4.78 is 10.5. The fourth-order valence-corrected chi connectivity index (χ4v) is 3.84. The zero-order chi connectivity index (χ0) is 18.8. The zero-order valence-corrected chi connectivity index (χ0v) is 15.3. The Kier molecular flexibility index (Phi) is 5.15. The van der Waals surface area contributed by atoms with Crippen LogP contribution in [0.5, 0.6) is 11.5 Å². The monoisotopic (exact) mass is 360 g/mol. The molecule has 7 heteroatoms. The number of likely N-dealkylation sites (tertiary alicyclic amines) is 1. The van der Waals surface area contributed by atoms with E-state index in [-0.39, 0.29) is 30.2 Å². The third kappa shape index (κ3) is 3.25. The fourth-order valence-electron chi connectivity index (χ4n) is 3.84. The number of nitrogens with zero attached hydrogens (tertiary/aromatic N) is 1. The Balaban J connectivity index is 1.71. The highest BCUT2D eigenvalue weighted by Crippen LogP contribution is 2.38. The number of benzene rings is 1. The van der Waals surface area contributed by atoms with Gasteiger partial charge in [0.2, 0.25) is 17.7 Å². The van der Waals surface area contributed by atoms with E-state index in [0.29, 0.717) is 17.2 Å². The number of carbonyl (C=O) groups is 3. The van der Waals surface area contributed by atoms with Crippen LogP contribution in [0, 0.1) is 18.8 Å². The van der Waals surface area contributed by atoms with Gasteiger partial charge < -0.3 is 14.8 Å². The number of nitrogens with one attached hydrogen (secondary N) is 1. The van der Waals surface area contributed by atoms with Gasteiger partial charge in [-0.1, -0.05) is 12.8 Å². The molecule has 7 nitrogen and oxygen atoms in total. The van der Waals surface area contributed by atoms with E-state index in [1.807, 2.05) is 6.92 Å². The van der Waals surface area contributed by atoms with Crippen molar-refractivity contribution in [2.75, 3.05) is 26.1 Å². The average molecular weight is 360 g/mol. The first kappa shape index (κ1) is 18.2. The molecule has 1 heterocycles. The molecule has 140 valence electrons. The number of fused-ring (bicyclic) bond motifs is 1. The predicted octanol–water partition coefficient (Wildman–Crippen LogP) is 2.13. The summed E-state index contributed by atoms with van der Waals surface area (Å²) in [5.41, 5.74) is 1.35. The van der Waals surface area contributed by atoms with Crippen LogP contribution in [0.1, 0.15) is 31.2 Å². The van der Waals surface area contributed by atoms with E-state index in [2.05, 4.69) is 5.32 Å². The predicted molar refractivity (Wildman–Crippen MR) is 95.1 cm³/mol. The minimum Gasteiger partial charge on any atom is -0.493 e. The first-order chi connectivity index (χ1) is 12.5. The molecular formula is C19H24N2O5.